The standard InChI is InChI=1S/C33H37N3O7S/c1-5-42-31(38)22-13-10-16-35(19-22)27(37)17-23-20-44-33-34-29(21-11-8-7-9-12-21)28(32(39)43-6-2)30(36(23)33)25-15-14-24(40-3)18-26(25)41-4/h7-9,11-12,14-15,18,20,22,30H,5-6,10,13,16-17,19H2,1-4H3/t22-,30-/m1/s1. The molecule has 0 aromatic heterocycles. The van der Waals surface area contributed by atoms with Crippen LogP contribution in [0.2, 0.25) is 0 Å². The van der Waals surface area contributed by atoms with Crippen LogP contribution in [0, 0.1) is 5.92 Å². The number of nitrogens with zero attached hydrogens (tertiary/aromatic N) is 3. The number of esters is 2. The minimum absolute atomic E-state index is 0.0628. The smallest absolute Gasteiger partial charge is 0.338 e. The van der Waals surface area contributed by atoms with Crippen LogP contribution in [0.3, 0.4) is 0 Å². The summed E-state index contributed by atoms with van der Waals surface area (Å²) >= 11 is 1.40. The Morgan fingerprint density at radius 3 is 2.48 bits per heavy atom. The Morgan fingerprint density at radius 1 is 1.00 bits per heavy atom. The zero-order valence-electron chi connectivity index (χ0n) is 25.4. The van der Waals surface area contributed by atoms with Crippen molar-refractivity contribution < 1.29 is 33.3 Å². The molecule has 0 aliphatic carbocycles. The Balaban J connectivity index is 1.56. The van der Waals surface area contributed by atoms with Gasteiger partial charge in [0, 0.05) is 36.0 Å². The molecule has 44 heavy (non-hydrogen) atoms. The van der Waals surface area contributed by atoms with Crippen LogP contribution < -0.4 is 9.47 Å². The van der Waals surface area contributed by atoms with Crippen LogP contribution in [-0.4, -0.2) is 73.3 Å². The summed E-state index contributed by atoms with van der Waals surface area (Å²) in [5, 5.41) is 2.54. The molecule has 0 spiro atoms. The monoisotopic (exact) mass is 619 g/mol. The fraction of sp³-hybridized carbons (Fsp3) is 0.394. The van der Waals surface area contributed by atoms with Crippen LogP contribution in [0.1, 0.15) is 50.3 Å². The molecule has 11 heteroatoms. The number of hydrogen-bond donors (Lipinski definition) is 0. The van der Waals surface area contributed by atoms with E-state index in [0.717, 1.165) is 12.0 Å². The van der Waals surface area contributed by atoms with Gasteiger partial charge in [-0.1, -0.05) is 42.1 Å². The van der Waals surface area contributed by atoms with Gasteiger partial charge in [-0.15, -0.1) is 0 Å². The fourth-order valence-corrected chi connectivity index (χ4v) is 6.67. The van der Waals surface area contributed by atoms with E-state index in [9.17, 15) is 14.4 Å². The maximum atomic E-state index is 13.8. The number of piperidine rings is 1. The number of aliphatic imine (C=N–C) groups is 1. The third-order valence-electron chi connectivity index (χ3n) is 7.81. The van der Waals surface area contributed by atoms with E-state index in [-0.39, 0.29) is 30.8 Å². The van der Waals surface area contributed by atoms with E-state index in [2.05, 4.69) is 0 Å². The molecule has 3 aliphatic heterocycles. The Bertz CT molecular complexity index is 1500. The lowest BCUT2D eigenvalue weighted by Gasteiger charge is -2.38. The zero-order valence-corrected chi connectivity index (χ0v) is 26.2. The summed E-state index contributed by atoms with van der Waals surface area (Å²) in [6.07, 6.45) is 1.48. The highest BCUT2D eigenvalue weighted by atomic mass is 32.2. The van der Waals surface area contributed by atoms with Gasteiger partial charge in [0.2, 0.25) is 5.91 Å². The molecule has 0 unspecified atom stereocenters. The van der Waals surface area contributed by atoms with Crippen LogP contribution in [0.4, 0.5) is 0 Å². The Labute approximate surface area is 261 Å². The van der Waals surface area contributed by atoms with Crippen LogP contribution >= 0.6 is 11.8 Å². The van der Waals surface area contributed by atoms with Crippen molar-refractivity contribution in [3.8, 4) is 11.5 Å². The van der Waals surface area contributed by atoms with E-state index in [1.54, 1.807) is 39.0 Å². The summed E-state index contributed by atoms with van der Waals surface area (Å²) < 4.78 is 22.1. The van der Waals surface area contributed by atoms with Gasteiger partial charge in [-0.05, 0) is 44.2 Å². The SMILES string of the molecule is CCOC(=O)C1=C(c2ccccc2)N=C2SC=C(CC(=O)N3CCC[C@@H](C(=O)OCC)C3)N2[C@@H]1c1ccc(OC)cc1OC. The number of fused-ring (bicyclic) bond motifs is 1. The lowest BCUT2D eigenvalue weighted by atomic mass is 9.90. The molecule has 2 aromatic rings. The van der Waals surface area contributed by atoms with Gasteiger partial charge >= 0.3 is 11.9 Å². The first-order valence-electron chi connectivity index (χ1n) is 14.8. The van der Waals surface area contributed by atoms with Gasteiger partial charge in [-0.2, -0.15) is 0 Å². The maximum absolute atomic E-state index is 13.8. The predicted molar refractivity (Wildman–Crippen MR) is 168 cm³/mol. The second-order valence-corrected chi connectivity index (χ2v) is 11.3. The molecule has 3 heterocycles. The van der Waals surface area contributed by atoms with E-state index in [1.807, 2.05) is 52.8 Å². The third kappa shape index (κ3) is 6.33. The zero-order chi connectivity index (χ0) is 31.2. The molecule has 0 saturated carbocycles. The van der Waals surface area contributed by atoms with Crippen LogP contribution in [0.25, 0.3) is 5.70 Å². The lowest BCUT2D eigenvalue weighted by molar-refractivity contribution is -0.151. The summed E-state index contributed by atoms with van der Waals surface area (Å²) in [7, 11) is 3.14. The molecule has 1 amide bonds. The van der Waals surface area contributed by atoms with Crippen molar-refractivity contribution in [3.63, 3.8) is 0 Å². The topological polar surface area (TPSA) is 107 Å². The Hall–Kier alpha value is -4.25. The molecule has 0 bridgehead atoms. The molecule has 2 aromatic carbocycles. The van der Waals surface area contributed by atoms with Gasteiger partial charge in [-0.25, -0.2) is 9.79 Å². The molecular weight excluding hydrogens is 582 g/mol. The Kier molecular flexibility index (Phi) is 9.94. The summed E-state index contributed by atoms with van der Waals surface area (Å²) in [5.41, 5.74) is 2.99. The molecule has 2 atom stereocenters. The minimum Gasteiger partial charge on any atom is -0.497 e. The second kappa shape index (κ2) is 14.0. The van der Waals surface area contributed by atoms with Crippen molar-refractivity contribution in [2.24, 2.45) is 10.9 Å². The number of benzene rings is 2. The van der Waals surface area contributed by atoms with E-state index < -0.39 is 12.0 Å². The van der Waals surface area contributed by atoms with Crippen LogP contribution in [0.5, 0.6) is 11.5 Å². The van der Waals surface area contributed by atoms with Crippen molar-refractivity contribution >= 4 is 40.5 Å². The molecule has 1 fully saturated rings. The average Bonchev–Trinajstić information content (AvgIpc) is 3.46. The van der Waals surface area contributed by atoms with Crippen molar-refractivity contribution in [1.82, 2.24) is 9.80 Å². The Morgan fingerprint density at radius 2 is 1.77 bits per heavy atom. The molecule has 0 N–H and O–H groups in total. The summed E-state index contributed by atoms with van der Waals surface area (Å²) in [6, 6.07) is 14.3. The minimum atomic E-state index is -0.708. The highest BCUT2D eigenvalue weighted by Gasteiger charge is 2.44. The van der Waals surface area contributed by atoms with Crippen LogP contribution in [-0.2, 0) is 23.9 Å². The number of ether oxygens (including phenoxy) is 4. The third-order valence-corrected chi connectivity index (χ3v) is 8.70. The first kappa shape index (κ1) is 31.2. The average molecular weight is 620 g/mol. The summed E-state index contributed by atoms with van der Waals surface area (Å²) in [5.74, 6) is -0.106. The number of amides is 1. The largest absolute Gasteiger partial charge is 0.497 e. The number of thioether (sulfide) groups is 1. The number of likely N-dealkylation sites (tertiary alicyclic amines) is 1. The van der Waals surface area contributed by atoms with Gasteiger partial charge in [0.15, 0.2) is 5.17 Å². The highest BCUT2D eigenvalue weighted by Crippen LogP contribution is 2.49. The molecule has 1 saturated heterocycles. The maximum Gasteiger partial charge on any atom is 0.338 e. The van der Waals surface area contributed by atoms with E-state index in [1.165, 1.54) is 11.8 Å². The molecule has 10 nitrogen and oxygen atoms in total. The van der Waals surface area contributed by atoms with E-state index >= 15 is 0 Å². The van der Waals surface area contributed by atoms with Crippen LogP contribution in [0.15, 0.2) is 70.2 Å². The number of carbonyl (C=O) groups is 3. The predicted octanol–water partition coefficient (Wildman–Crippen LogP) is 5.17. The van der Waals surface area contributed by atoms with Gasteiger partial charge < -0.3 is 28.7 Å². The van der Waals surface area contributed by atoms with Crippen molar-refractivity contribution in [1.29, 1.82) is 0 Å². The highest BCUT2D eigenvalue weighted by molar-refractivity contribution is 8.16. The second-order valence-electron chi connectivity index (χ2n) is 10.5. The van der Waals surface area contributed by atoms with Gasteiger partial charge in [-0.3, -0.25) is 9.59 Å². The van der Waals surface area contributed by atoms with Crippen molar-refractivity contribution in [2.75, 3.05) is 40.5 Å². The normalized spacial score (nSPS) is 19.5. The molecular formula is C33H37N3O7S. The summed E-state index contributed by atoms with van der Waals surface area (Å²) in [4.78, 5) is 48.6. The first-order chi connectivity index (χ1) is 21.4. The van der Waals surface area contributed by atoms with E-state index in [0.29, 0.717) is 65.3 Å². The summed E-state index contributed by atoms with van der Waals surface area (Å²) in [6.45, 7) is 4.92. The fourth-order valence-electron chi connectivity index (χ4n) is 5.75. The van der Waals surface area contributed by atoms with Gasteiger partial charge in [0.25, 0.3) is 0 Å². The van der Waals surface area contributed by atoms with Gasteiger partial charge in [0.05, 0.1) is 57.1 Å². The quantitative estimate of drug-likeness (QED) is 0.333. The number of hydrogen-bond acceptors (Lipinski definition) is 10. The molecule has 0 radical (unpaired) electrons. The van der Waals surface area contributed by atoms with E-state index in [4.69, 9.17) is 23.9 Å². The number of amidine groups is 1. The number of rotatable bonds is 10. The molecule has 5 rings (SSSR count). The van der Waals surface area contributed by atoms with Crippen molar-refractivity contribution in [3.05, 3.63) is 76.3 Å². The molecule has 3 aliphatic rings. The first-order valence-corrected chi connectivity index (χ1v) is 15.6. The molecule has 232 valence electrons. The van der Waals surface area contributed by atoms with Crippen molar-refractivity contribution in [2.45, 2.75) is 39.2 Å². The number of carbonyl (C=O) groups excluding carboxylic acids is 3. The number of methoxy groups -OCH3 is 2. The van der Waals surface area contributed by atoms with Gasteiger partial charge in [0.1, 0.15) is 11.5 Å². The lowest BCUT2D eigenvalue weighted by Crippen LogP contribution is -2.44.